The summed E-state index contributed by atoms with van der Waals surface area (Å²) in [4.78, 5) is 0. The van der Waals surface area contributed by atoms with Gasteiger partial charge in [-0.15, -0.1) is 46.1 Å². The minimum Gasteiger partial charge on any atom is -0.106 e. The molecule has 0 aliphatic carbocycles. The summed E-state index contributed by atoms with van der Waals surface area (Å²) in [7, 11) is 0. The van der Waals surface area contributed by atoms with Gasteiger partial charge in [-0.3, -0.25) is 0 Å². The van der Waals surface area contributed by atoms with E-state index in [0.717, 1.165) is 0 Å². The van der Waals surface area contributed by atoms with Gasteiger partial charge in [0.1, 0.15) is 0 Å². The Balaban J connectivity index is -0.000000103. The van der Waals surface area contributed by atoms with E-state index in [1.807, 2.05) is 6.08 Å². The largest absolute Gasteiger partial charge is 0.106 e. The van der Waals surface area contributed by atoms with Crippen molar-refractivity contribution in [3.8, 4) is 0 Å². The van der Waals surface area contributed by atoms with Crippen LogP contribution in [0.3, 0.4) is 0 Å². The zero-order valence-electron chi connectivity index (χ0n) is 11.5. The molecule has 0 amide bonds. The van der Waals surface area contributed by atoms with Crippen LogP contribution in [-0.2, 0) is 0 Å². The van der Waals surface area contributed by atoms with E-state index in [-0.39, 0.29) is 0 Å². The molecule has 0 aromatic rings. The second-order valence-electron chi connectivity index (χ2n) is 2.85. The highest BCUT2D eigenvalue weighted by atomic mass is 13.9. The summed E-state index contributed by atoms with van der Waals surface area (Å²) in [5, 5.41) is 0. The summed E-state index contributed by atoms with van der Waals surface area (Å²) >= 11 is 0. The summed E-state index contributed by atoms with van der Waals surface area (Å²) in [5.74, 6) is 0. The van der Waals surface area contributed by atoms with Crippen LogP contribution in [0.25, 0.3) is 0 Å². The van der Waals surface area contributed by atoms with Crippen molar-refractivity contribution in [3.63, 3.8) is 0 Å². The molecule has 0 unspecified atom stereocenters. The van der Waals surface area contributed by atoms with E-state index in [2.05, 4.69) is 53.0 Å². The molecule has 0 saturated carbocycles. The minimum atomic E-state index is 1.20. The average Bonchev–Trinajstić information content (AvgIpc) is 2.41. The maximum Gasteiger partial charge on any atom is -0.0353 e. The molecule has 0 radical (unpaired) electrons. The highest BCUT2D eigenvalue weighted by Crippen LogP contribution is 2.06. The third-order valence-corrected chi connectivity index (χ3v) is 1.76. The summed E-state index contributed by atoms with van der Waals surface area (Å²) in [6.07, 6.45) is 11.6. The zero-order chi connectivity index (χ0) is 13.7. The Morgan fingerprint density at radius 1 is 0.688 bits per heavy atom. The third-order valence-electron chi connectivity index (χ3n) is 1.76. The molecule has 0 fully saturated rings. The molecule has 0 aliphatic rings. The van der Waals surface area contributed by atoms with E-state index in [9.17, 15) is 0 Å². The van der Waals surface area contributed by atoms with Crippen LogP contribution in [0.4, 0.5) is 0 Å². The molecule has 0 spiro atoms. The van der Waals surface area contributed by atoms with E-state index in [4.69, 9.17) is 0 Å². The Kier molecular flexibility index (Phi) is 73.4. The summed E-state index contributed by atoms with van der Waals surface area (Å²) in [5.41, 5.74) is 0. The number of hydrogen-bond donors (Lipinski definition) is 0. The lowest BCUT2D eigenvalue weighted by atomic mass is 10.1. The van der Waals surface area contributed by atoms with Crippen LogP contribution in [0.15, 0.2) is 52.1 Å². The van der Waals surface area contributed by atoms with Gasteiger partial charge in [0.2, 0.25) is 0 Å². The maximum absolute atomic E-state index is 3.69. The van der Waals surface area contributed by atoms with Gasteiger partial charge in [-0.05, 0) is 12.8 Å². The van der Waals surface area contributed by atoms with Gasteiger partial charge >= 0.3 is 0 Å². The molecule has 0 heteroatoms. The third kappa shape index (κ3) is 52.2. The van der Waals surface area contributed by atoms with E-state index >= 15 is 0 Å². The number of allylic oxidation sites excluding steroid dienone is 1. The first-order valence-corrected chi connectivity index (χ1v) is 6.02. The molecule has 96 valence electrons. The predicted octanol–water partition coefficient (Wildman–Crippen LogP) is 6.33. The van der Waals surface area contributed by atoms with Gasteiger partial charge in [0.25, 0.3) is 0 Å². The average molecular weight is 224 g/mol. The Bertz CT molecular complexity index is 89.5. The van der Waals surface area contributed by atoms with Crippen molar-refractivity contribution < 1.29 is 0 Å². The van der Waals surface area contributed by atoms with Gasteiger partial charge in [0.05, 0.1) is 0 Å². The van der Waals surface area contributed by atoms with Crippen LogP contribution in [0.2, 0.25) is 0 Å². The molecule has 0 aliphatic heterocycles. The van der Waals surface area contributed by atoms with Gasteiger partial charge in [-0.2, -0.15) is 0 Å². The first-order valence-electron chi connectivity index (χ1n) is 6.02. The predicted molar refractivity (Wildman–Crippen MR) is 82.0 cm³/mol. The lowest BCUT2D eigenvalue weighted by Crippen LogP contribution is -1.76. The second-order valence-corrected chi connectivity index (χ2v) is 2.85. The van der Waals surface area contributed by atoms with Gasteiger partial charge in [-0.1, -0.05) is 45.1 Å². The summed E-state index contributed by atoms with van der Waals surface area (Å²) < 4.78 is 0. The number of hydrogen-bond acceptors (Lipinski definition) is 0. The van der Waals surface area contributed by atoms with Gasteiger partial charge in [-0.25, -0.2) is 0 Å². The normalized spacial score (nSPS) is 6.81. The van der Waals surface area contributed by atoms with Crippen molar-refractivity contribution in [2.24, 2.45) is 0 Å². The molecule has 16 heavy (non-hydrogen) atoms. The van der Waals surface area contributed by atoms with E-state index in [1.54, 1.807) is 0 Å². The molecule has 0 rings (SSSR count). The first kappa shape index (κ1) is 24.3. The standard InChI is InChI=1S/C10H20.3C2H4/c1-3-5-7-9-10-8-6-4-2;3*1-2/h3H,1,4-10H2,2H3;3*1-2H2. The fourth-order valence-corrected chi connectivity index (χ4v) is 1.07. The molecular weight excluding hydrogens is 192 g/mol. The van der Waals surface area contributed by atoms with E-state index < -0.39 is 0 Å². The molecular formula is C16H32. The van der Waals surface area contributed by atoms with Gasteiger partial charge in [0.15, 0.2) is 0 Å². The molecule has 0 nitrogen and oxygen atoms in total. The van der Waals surface area contributed by atoms with Crippen molar-refractivity contribution in [1.29, 1.82) is 0 Å². The van der Waals surface area contributed by atoms with Gasteiger partial charge < -0.3 is 0 Å². The van der Waals surface area contributed by atoms with E-state index in [0.29, 0.717) is 0 Å². The maximum atomic E-state index is 3.69. The highest BCUT2D eigenvalue weighted by Gasteiger charge is 1.86. The monoisotopic (exact) mass is 224 g/mol. The van der Waals surface area contributed by atoms with E-state index in [1.165, 1.54) is 44.9 Å². The Labute approximate surface area is 104 Å². The Hall–Kier alpha value is -1.04. The second kappa shape index (κ2) is 48.4. The topological polar surface area (TPSA) is 0 Å². The molecule has 0 atom stereocenters. The minimum absolute atomic E-state index is 1.20. The number of rotatable bonds is 7. The van der Waals surface area contributed by atoms with Crippen molar-refractivity contribution in [2.45, 2.75) is 51.9 Å². The van der Waals surface area contributed by atoms with Crippen LogP contribution in [0.1, 0.15) is 51.9 Å². The lowest BCUT2D eigenvalue weighted by molar-refractivity contribution is 0.611. The first-order chi connectivity index (χ1) is 7.91. The van der Waals surface area contributed by atoms with Crippen LogP contribution >= 0.6 is 0 Å². The summed E-state index contributed by atoms with van der Waals surface area (Å²) in [6.45, 7) is 23.9. The van der Waals surface area contributed by atoms with Crippen molar-refractivity contribution in [3.05, 3.63) is 52.1 Å². The SMILES string of the molecule is C=C.C=C.C=C.C=CCCCCCCCC. The van der Waals surface area contributed by atoms with Crippen LogP contribution in [0.5, 0.6) is 0 Å². The zero-order valence-corrected chi connectivity index (χ0v) is 11.5. The Morgan fingerprint density at radius 3 is 1.44 bits per heavy atom. The quantitative estimate of drug-likeness (QED) is 0.350. The molecule has 0 aromatic heterocycles. The Morgan fingerprint density at radius 2 is 1.06 bits per heavy atom. The highest BCUT2D eigenvalue weighted by molar-refractivity contribution is 4.65. The van der Waals surface area contributed by atoms with Crippen molar-refractivity contribution in [1.82, 2.24) is 0 Å². The smallest absolute Gasteiger partial charge is 0.0353 e. The van der Waals surface area contributed by atoms with Gasteiger partial charge in [0, 0.05) is 0 Å². The fourth-order valence-electron chi connectivity index (χ4n) is 1.07. The molecule has 0 bridgehead atoms. The lowest BCUT2D eigenvalue weighted by Gasteiger charge is -1.96. The molecule has 0 saturated heterocycles. The molecule has 0 N–H and O–H groups in total. The summed E-state index contributed by atoms with van der Waals surface area (Å²) in [6, 6.07) is 0. The van der Waals surface area contributed by atoms with Crippen LogP contribution < -0.4 is 0 Å². The fraction of sp³-hybridized carbons (Fsp3) is 0.500. The van der Waals surface area contributed by atoms with Crippen LogP contribution in [-0.4, -0.2) is 0 Å². The molecule has 0 aromatic carbocycles. The van der Waals surface area contributed by atoms with Crippen molar-refractivity contribution in [2.75, 3.05) is 0 Å². The molecule has 0 heterocycles. The number of unbranched alkanes of at least 4 members (excludes halogenated alkanes) is 6. The van der Waals surface area contributed by atoms with Crippen molar-refractivity contribution >= 4 is 0 Å². The van der Waals surface area contributed by atoms with Crippen LogP contribution in [0, 0.1) is 0 Å².